The van der Waals surface area contributed by atoms with E-state index in [1.165, 1.54) is 0 Å². The molecule has 1 aliphatic heterocycles. The molecular formula is C15H16O4. The molecule has 4 nitrogen and oxygen atoms in total. The van der Waals surface area contributed by atoms with Crippen LogP contribution in [0.25, 0.3) is 10.8 Å². The van der Waals surface area contributed by atoms with Crippen LogP contribution in [0.4, 0.5) is 0 Å². The fourth-order valence-electron chi connectivity index (χ4n) is 1.96. The van der Waals surface area contributed by atoms with Crippen LogP contribution in [-0.4, -0.2) is 33.2 Å². The lowest BCUT2D eigenvalue weighted by atomic mass is 10.1. The summed E-state index contributed by atoms with van der Waals surface area (Å²) in [6.45, 7) is 1.63. The van der Waals surface area contributed by atoms with Gasteiger partial charge in [-0.3, -0.25) is 0 Å². The van der Waals surface area contributed by atoms with Gasteiger partial charge >= 0.3 is 0 Å². The van der Waals surface area contributed by atoms with Crippen LogP contribution in [0.15, 0.2) is 36.4 Å². The van der Waals surface area contributed by atoms with Crippen LogP contribution in [0.3, 0.4) is 0 Å². The Hall–Kier alpha value is -1.78. The van der Waals surface area contributed by atoms with E-state index in [2.05, 4.69) is 0 Å². The first-order valence-corrected chi connectivity index (χ1v) is 6.26. The highest BCUT2D eigenvalue weighted by atomic mass is 16.7. The maximum atomic E-state index is 5.79. The minimum Gasteiger partial charge on any atom is -0.490 e. The Balaban J connectivity index is 1.90. The standard InChI is InChI=1S/C15H16O4/c1-16-10-19-15-7-6-14(18-9-11-8-17-11)12-4-2-3-5-13(12)15/h2-7,11H,8-10H2,1H3. The molecule has 0 radical (unpaired) electrons. The average Bonchev–Trinajstić information content (AvgIpc) is 3.27. The van der Waals surface area contributed by atoms with Crippen molar-refractivity contribution in [2.75, 3.05) is 27.1 Å². The maximum absolute atomic E-state index is 5.79. The fourth-order valence-corrected chi connectivity index (χ4v) is 1.96. The van der Waals surface area contributed by atoms with Crippen LogP contribution in [0, 0.1) is 0 Å². The largest absolute Gasteiger partial charge is 0.490 e. The molecular weight excluding hydrogens is 244 g/mol. The van der Waals surface area contributed by atoms with Gasteiger partial charge in [-0.25, -0.2) is 0 Å². The van der Waals surface area contributed by atoms with E-state index in [9.17, 15) is 0 Å². The number of methoxy groups -OCH3 is 1. The lowest BCUT2D eigenvalue weighted by molar-refractivity contribution is 0.0522. The van der Waals surface area contributed by atoms with Crippen molar-refractivity contribution in [2.24, 2.45) is 0 Å². The first-order valence-electron chi connectivity index (χ1n) is 6.26. The van der Waals surface area contributed by atoms with Gasteiger partial charge in [0.2, 0.25) is 0 Å². The van der Waals surface area contributed by atoms with E-state index in [0.717, 1.165) is 28.9 Å². The van der Waals surface area contributed by atoms with Gasteiger partial charge in [0.15, 0.2) is 6.79 Å². The number of benzene rings is 2. The van der Waals surface area contributed by atoms with Crippen molar-refractivity contribution in [2.45, 2.75) is 6.10 Å². The van der Waals surface area contributed by atoms with E-state index in [1.807, 2.05) is 36.4 Å². The lowest BCUT2D eigenvalue weighted by Crippen LogP contribution is -2.05. The van der Waals surface area contributed by atoms with Crippen molar-refractivity contribution in [1.82, 2.24) is 0 Å². The minimum atomic E-state index is 0.236. The molecule has 0 spiro atoms. The maximum Gasteiger partial charge on any atom is 0.188 e. The molecule has 2 aromatic rings. The van der Waals surface area contributed by atoms with Crippen LogP contribution in [0.1, 0.15) is 0 Å². The number of fused-ring (bicyclic) bond motifs is 1. The summed E-state index contributed by atoms with van der Waals surface area (Å²) in [7, 11) is 1.61. The molecule has 0 N–H and O–H groups in total. The molecule has 1 heterocycles. The van der Waals surface area contributed by atoms with Crippen molar-refractivity contribution in [3.8, 4) is 11.5 Å². The Kier molecular flexibility index (Phi) is 3.53. The Morgan fingerprint density at radius 3 is 2.26 bits per heavy atom. The molecule has 2 aromatic carbocycles. The molecule has 1 fully saturated rings. The molecule has 4 heteroatoms. The van der Waals surface area contributed by atoms with Gasteiger partial charge in [0.25, 0.3) is 0 Å². The zero-order valence-corrected chi connectivity index (χ0v) is 10.8. The average molecular weight is 260 g/mol. The second kappa shape index (κ2) is 5.47. The summed E-state index contributed by atoms with van der Waals surface area (Å²) >= 11 is 0. The van der Waals surface area contributed by atoms with E-state index in [1.54, 1.807) is 7.11 Å². The highest BCUT2D eigenvalue weighted by molar-refractivity contribution is 5.93. The predicted octanol–water partition coefficient (Wildman–Crippen LogP) is 2.60. The summed E-state index contributed by atoms with van der Waals surface area (Å²) in [5, 5.41) is 2.06. The van der Waals surface area contributed by atoms with Gasteiger partial charge in [-0.2, -0.15) is 0 Å². The van der Waals surface area contributed by atoms with Crippen molar-refractivity contribution in [3.05, 3.63) is 36.4 Å². The summed E-state index contributed by atoms with van der Waals surface area (Å²) in [6, 6.07) is 11.8. The normalized spacial score (nSPS) is 17.4. The topological polar surface area (TPSA) is 40.2 Å². The quantitative estimate of drug-likeness (QED) is 0.591. The Morgan fingerprint density at radius 2 is 1.68 bits per heavy atom. The Bertz CT molecular complexity index is 563. The Labute approximate surface area is 111 Å². The van der Waals surface area contributed by atoms with Crippen LogP contribution < -0.4 is 9.47 Å². The molecule has 100 valence electrons. The number of ether oxygens (including phenoxy) is 4. The van der Waals surface area contributed by atoms with Gasteiger partial charge < -0.3 is 18.9 Å². The van der Waals surface area contributed by atoms with Gasteiger partial charge in [-0.15, -0.1) is 0 Å². The molecule has 0 amide bonds. The summed E-state index contributed by atoms with van der Waals surface area (Å²) in [6.07, 6.45) is 0.253. The van der Waals surface area contributed by atoms with E-state index < -0.39 is 0 Å². The van der Waals surface area contributed by atoms with Crippen molar-refractivity contribution < 1.29 is 18.9 Å². The molecule has 0 saturated carbocycles. The van der Waals surface area contributed by atoms with Gasteiger partial charge in [0.05, 0.1) is 6.61 Å². The SMILES string of the molecule is COCOc1ccc(OCC2CO2)c2ccccc12. The first kappa shape index (κ1) is 12.3. The van der Waals surface area contributed by atoms with Gasteiger partial charge in [-0.05, 0) is 12.1 Å². The van der Waals surface area contributed by atoms with Crippen molar-refractivity contribution >= 4 is 10.8 Å². The van der Waals surface area contributed by atoms with E-state index in [0.29, 0.717) is 6.61 Å². The van der Waals surface area contributed by atoms with Crippen LogP contribution in [0.2, 0.25) is 0 Å². The molecule has 1 unspecified atom stereocenters. The second-order valence-electron chi connectivity index (χ2n) is 4.42. The molecule has 0 aliphatic carbocycles. The zero-order valence-electron chi connectivity index (χ0n) is 10.8. The van der Waals surface area contributed by atoms with Crippen molar-refractivity contribution in [1.29, 1.82) is 0 Å². The van der Waals surface area contributed by atoms with E-state index >= 15 is 0 Å². The van der Waals surface area contributed by atoms with Gasteiger partial charge in [0, 0.05) is 17.9 Å². The monoisotopic (exact) mass is 260 g/mol. The lowest BCUT2D eigenvalue weighted by Gasteiger charge is -2.12. The number of rotatable bonds is 6. The van der Waals surface area contributed by atoms with Gasteiger partial charge in [-0.1, -0.05) is 24.3 Å². The van der Waals surface area contributed by atoms with E-state index in [-0.39, 0.29) is 12.9 Å². The first-order chi connectivity index (χ1) is 9.38. The van der Waals surface area contributed by atoms with Crippen LogP contribution >= 0.6 is 0 Å². The number of hydrogen-bond acceptors (Lipinski definition) is 4. The number of epoxide rings is 1. The van der Waals surface area contributed by atoms with Crippen molar-refractivity contribution in [3.63, 3.8) is 0 Å². The van der Waals surface area contributed by atoms with E-state index in [4.69, 9.17) is 18.9 Å². The summed E-state index contributed by atoms with van der Waals surface area (Å²) in [5.41, 5.74) is 0. The molecule has 1 aliphatic rings. The minimum absolute atomic E-state index is 0.236. The Morgan fingerprint density at radius 1 is 1.05 bits per heavy atom. The predicted molar refractivity (Wildman–Crippen MR) is 71.7 cm³/mol. The third-order valence-electron chi connectivity index (χ3n) is 3.00. The third kappa shape index (κ3) is 2.80. The third-order valence-corrected chi connectivity index (χ3v) is 3.00. The molecule has 0 aromatic heterocycles. The molecule has 1 saturated heterocycles. The van der Waals surface area contributed by atoms with Crippen LogP contribution in [0.5, 0.6) is 11.5 Å². The summed E-state index contributed by atoms with van der Waals surface area (Å²) < 4.78 is 21.4. The molecule has 3 rings (SSSR count). The second-order valence-corrected chi connectivity index (χ2v) is 4.42. The van der Waals surface area contributed by atoms with Gasteiger partial charge in [0.1, 0.15) is 24.2 Å². The summed E-state index contributed by atoms with van der Waals surface area (Å²) in [4.78, 5) is 0. The fraction of sp³-hybridized carbons (Fsp3) is 0.333. The smallest absolute Gasteiger partial charge is 0.188 e. The summed E-state index contributed by atoms with van der Waals surface area (Å²) in [5.74, 6) is 1.66. The molecule has 1 atom stereocenters. The zero-order chi connectivity index (χ0) is 13.1. The van der Waals surface area contributed by atoms with Crippen LogP contribution in [-0.2, 0) is 9.47 Å². The molecule has 19 heavy (non-hydrogen) atoms. The number of hydrogen-bond donors (Lipinski definition) is 0. The highest BCUT2D eigenvalue weighted by Crippen LogP contribution is 2.33. The highest BCUT2D eigenvalue weighted by Gasteiger charge is 2.23. The molecule has 0 bridgehead atoms.